The molecule has 2 aromatic heterocycles. The number of anilines is 3. The van der Waals surface area contributed by atoms with Gasteiger partial charge in [-0.3, -0.25) is 14.6 Å². The third-order valence-corrected chi connectivity index (χ3v) is 7.09. The second-order valence-electron chi connectivity index (χ2n) is 11.5. The monoisotopic (exact) mass is 607 g/mol. The van der Waals surface area contributed by atoms with Crippen LogP contribution in [0.15, 0.2) is 4.79 Å². The molecule has 0 amide bonds. The molecule has 1 aliphatic heterocycles. The molecule has 3 rings (SSSR count). The van der Waals surface area contributed by atoms with Gasteiger partial charge < -0.3 is 38.4 Å². The number of rotatable bonds is 17. The zero-order valence-electron chi connectivity index (χ0n) is 26.8. The van der Waals surface area contributed by atoms with E-state index in [0.29, 0.717) is 88.7 Å². The molecule has 1 saturated heterocycles. The Labute approximate surface area is 254 Å². The lowest BCUT2D eigenvalue weighted by molar-refractivity contribution is -0.154. The molecule has 14 heteroatoms. The molecule has 3 heterocycles. The minimum absolute atomic E-state index is 0.167. The van der Waals surface area contributed by atoms with Gasteiger partial charge in [-0.05, 0) is 40.0 Å². The van der Waals surface area contributed by atoms with Crippen molar-refractivity contribution in [3.8, 4) is 0 Å². The first-order valence-electron chi connectivity index (χ1n) is 14.9. The van der Waals surface area contributed by atoms with Crippen LogP contribution in [-0.2, 0) is 28.5 Å². The van der Waals surface area contributed by atoms with E-state index >= 15 is 0 Å². The van der Waals surface area contributed by atoms with Crippen LogP contribution >= 0.6 is 0 Å². The Kier molecular flexibility index (Phi) is 13.4. The standard InChI is InChI=1S/C29H49N7O7/c1-29(2,3)43-22(37)9-8-12-35(15-18-39-4)27-31-24-23(25(32-27)34-13-10-21(42-7)11-14-34)30-28(33-26(24)38)36(16-19-40-5)17-20-41-6/h21H,8-20H2,1-7H3,(H,30,33,38). The van der Waals surface area contributed by atoms with Crippen LogP contribution in [0, 0.1) is 0 Å². The number of aromatic nitrogens is 4. The molecule has 1 N–H and O–H groups in total. The van der Waals surface area contributed by atoms with Gasteiger partial charge in [-0.1, -0.05) is 0 Å². The number of hydrogen-bond donors (Lipinski definition) is 1. The second kappa shape index (κ2) is 16.7. The van der Waals surface area contributed by atoms with E-state index in [2.05, 4.69) is 9.88 Å². The number of methoxy groups -OCH3 is 4. The number of piperidine rings is 1. The van der Waals surface area contributed by atoms with Gasteiger partial charge >= 0.3 is 5.97 Å². The lowest BCUT2D eigenvalue weighted by Gasteiger charge is -2.33. The Morgan fingerprint density at radius 3 is 2.05 bits per heavy atom. The fraction of sp³-hybridized carbons (Fsp3) is 0.759. The summed E-state index contributed by atoms with van der Waals surface area (Å²) >= 11 is 0. The number of aromatic amines is 1. The highest BCUT2D eigenvalue weighted by Crippen LogP contribution is 2.28. The predicted molar refractivity (Wildman–Crippen MR) is 165 cm³/mol. The highest BCUT2D eigenvalue weighted by molar-refractivity contribution is 5.87. The molecule has 0 aliphatic carbocycles. The van der Waals surface area contributed by atoms with Gasteiger partial charge in [0.05, 0.1) is 25.9 Å². The van der Waals surface area contributed by atoms with Crippen LogP contribution < -0.4 is 20.3 Å². The number of carbonyl (C=O) groups excluding carboxylic acids is 1. The lowest BCUT2D eigenvalue weighted by Crippen LogP contribution is -2.39. The van der Waals surface area contributed by atoms with E-state index in [4.69, 9.17) is 38.6 Å². The number of H-pyrrole nitrogens is 1. The van der Waals surface area contributed by atoms with Crippen molar-refractivity contribution in [1.29, 1.82) is 0 Å². The summed E-state index contributed by atoms with van der Waals surface area (Å²) in [5.74, 6) is 1.12. The molecular formula is C29H49N7O7. The Balaban J connectivity index is 2.03. The van der Waals surface area contributed by atoms with Crippen molar-refractivity contribution >= 4 is 34.7 Å². The van der Waals surface area contributed by atoms with Crippen LogP contribution in [-0.4, -0.2) is 125 Å². The number of fused-ring (bicyclic) bond motifs is 1. The minimum Gasteiger partial charge on any atom is -0.460 e. The van der Waals surface area contributed by atoms with E-state index in [1.807, 2.05) is 30.6 Å². The van der Waals surface area contributed by atoms with Crippen molar-refractivity contribution in [3.05, 3.63) is 10.4 Å². The summed E-state index contributed by atoms with van der Waals surface area (Å²) in [6.45, 7) is 10.3. The molecule has 0 aromatic carbocycles. The molecule has 1 aliphatic rings. The van der Waals surface area contributed by atoms with Crippen LogP contribution in [0.1, 0.15) is 46.5 Å². The average Bonchev–Trinajstić information content (AvgIpc) is 2.97. The van der Waals surface area contributed by atoms with Gasteiger partial charge in [0.1, 0.15) is 11.1 Å². The van der Waals surface area contributed by atoms with Gasteiger partial charge in [0, 0.05) is 74.1 Å². The van der Waals surface area contributed by atoms with E-state index in [0.717, 1.165) is 12.8 Å². The summed E-state index contributed by atoms with van der Waals surface area (Å²) in [6, 6.07) is 0. The van der Waals surface area contributed by atoms with Crippen LogP contribution in [0.5, 0.6) is 0 Å². The first-order valence-corrected chi connectivity index (χ1v) is 14.9. The summed E-state index contributed by atoms with van der Waals surface area (Å²) in [5, 5.41) is 0. The van der Waals surface area contributed by atoms with Crippen LogP contribution in [0.25, 0.3) is 11.0 Å². The maximum atomic E-state index is 13.6. The number of carbonyl (C=O) groups is 1. The molecule has 1 fully saturated rings. The van der Waals surface area contributed by atoms with Crippen LogP contribution in [0.4, 0.5) is 17.7 Å². The van der Waals surface area contributed by atoms with E-state index in [1.54, 1.807) is 28.4 Å². The Morgan fingerprint density at radius 2 is 1.49 bits per heavy atom. The Bertz CT molecular complexity index is 1200. The SMILES string of the molecule is COCCN(CCCC(=O)OC(C)(C)C)c1nc(N2CCC(OC)CC2)c2nc(N(CCOC)CCOC)[nH]c(=O)c2n1. The van der Waals surface area contributed by atoms with Gasteiger partial charge in [0.2, 0.25) is 11.9 Å². The second-order valence-corrected chi connectivity index (χ2v) is 11.5. The van der Waals surface area contributed by atoms with Crippen LogP contribution in [0.2, 0.25) is 0 Å². The molecular weight excluding hydrogens is 558 g/mol. The molecule has 0 saturated carbocycles. The molecule has 14 nitrogen and oxygen atoms in total. The third-order valence-electron chi connectivity index (χ3n) is 7.09. The van der Waals surface area contributed by atoms with Gasteiger partial charge in [0.25, 0.3) is 5.56 Å². The molecule has 43 heavy (non-hydrogen) atoms. The minimum atomic E-state index is -0.547. The van der Waals surface area contributed by atoms with Crippen molar-refractivity contribution in [1.82, 2.24) is 19.9 Å². The van der Waals surface area contributed by atoms with Crippen LogP contribution in [0.3, 0.4) is 0 Å². The summed E-state index contributed by atoms with van der Waals surface area (Å²) in [4.78, 5) is 49.5. The van der Waals surface area contributed by atoms with E-state index in [1.165, 1.54) is 0 Å². The smallest absolute Gasteiger partial charge is 0.306 e. The molecule has 242 valence electrons. The summed E-state index contributed by atoms with van der Waals surface area (Å²) in [6.07, 6.45) is 2.58. The Morgan fingerprint density at radius 1 is 0.884 bits per heavy atom. The normalized spacial score (nSPS) is 14.3. The number of nitrogens with zero attached hydrogens (tertiary/aromatic N) is 6. The van der Waals surface area contributed by atoms with Crippen molar-refractivity contribution in [2.24, 2.45) is 0 Å². The number of hydrogen-bond acceptors (Lipinski definition) is 13. The lowest BCUT2D eigenvalue weighted by atomic mass is 10.1. The topological polar surface area (TPSA) is 144 Å². The van der Waals surface area contributed by atoms with Gasteiger partial charge in [-0.2, -0.15) is 4.98 Å². The molecule has 0 bridgehead atoms. The fourth-order valence-corrected chi connectivity index (χ4v) is 4.85. The maximum Gasteiger partial charge on any atom is 0.306 e. The summed E-state index contributed by atoms with van der Waals surface area (Å²) in [7, 11) is 6.61. The number of nitrogens with one attached hydrogen (secondary N) is 1. The van der Waals surface area contributed by atoms with Crippen molar-refractivity contribution < 1.29 is 28.5 Å². The molecule has 0 radical (unpaired) electrons. The van der Waals surface area contributed by atoms with Crippen molar-refractivity contribution in [2.45, 2.75) is 58.2 Å². The summed E-state index contributed by atoms with van der Waals surface area (Å²) < 4.78 is 27.0. The Hall–Kier alpha value is -3.07. The summed E-state index contributed by atoms with van der Waals surface area (Å²) in [5.41, 5.74) is -0.282. The van der Waals surface area contributed by atoms with Gasteiger partial charge in [-0.25, -0.2) is 9.97 Å². The largest absolute Gasteiger partial charge is 0.460 e. The highest BCUT2D eigenvalue weighted by Gasteiger charge is 2.26. The quantitative estimate of drug-likeness (QED) is 0.262. The maximum absolute atomic E-state index is 13.6. The van der Waals surface area contributed by atoms with Crippen molar-refractivity contribution in [3.63, 3.8) is 0 Å². The van der Waals surface area contributed by atoms with Gasteiger partial charge in [0.15, 0.2) is 11.3 Å². The van der Waals surface area contributed by atoms with E-state index in [9.17, 15) is 9.59 Å². The number of ether oxygens (including phenoxy) is 5. The predicted octanol–water partition coefficient (Wildman–Crippen LogP) is 2.00. The first-order chi connectivity index (χ1) is 20.6. The van der Waals surface area contributed by atoms with E-state index < -0.39 is 5.60 Å². The fourth-order valence-electron chi connectivity index (χ4n) is 4.85. The number of esters is 1. The van der Waals surface area contributed by atoms with Gasteiger partial charge in [-0.15, -0.1) is 0 Å². The third kappa shape index (κ3) is 10.3. The zero-order chi connectivity index (χ0) is 31.4. The molecule has 0 spiro atoms. The molecule has 2 aromatic rings. The molecule has 0 atom stereocenters. The highest BCUT2D eigenvalue weighted by atomic mass is 16.6. The average molecular weight is 608 g/mol. The van der Waals surface area contributed by atoms with E-state index in [-0.39, 0.29) is 29.6 Å². The molecule has 0 unspecified atom stereocenters. The zero-order valence-corrected chi connectivity index (χ0v) is 26.8. The first kappa shape index (κ1) is 34.4. The van der Waals surface area contributed by atoms with Crippen molar-refractivity contribution in [2.75, 3.05) is 102 Å².